The molecule has 2 nitrogen and oxygen atoms in total. The van der Waals surface area contributed by atoms with Crippen LogP contribution in [0.3, 0.4) is 0 Å². The Morgan fingerprint density at radius 1 is 1.14 bits per heavy atom. The van der Waals surface area contributed by atoms with Crippen molar-refractivity contribution in [1.29, 1.82) is 0 Å². The van der Waals surface area contributed by atoms with Gasteiger partial charge in [0.15, 0.2) is 0 Å². The standard InChI is InChI=1S/C17H20BrFN2/c1-11(20)13-8-9-17(15(18)10-13)21(3)12(2)14-6-4-5-7-16(14)19/h4-12H,20H2,1-3H3. The maximum Gasteiger partial charge on any atom is 0.128 e. The van der Waals surface area contributed by atoms with Crippen molar-refractivity contribution in [2.75, 3.05) is 11.9 Å². The van der Waals surface area contributed by atoms with Crippen LogP contribution in [-0.4, -0.2) is 7.05 Å². The van der Waals surface area contributed by atoms with E-state index in [0.29, 0.717) is 5.56 Å². The zero-order chi connectivity index (χ0) is 15.6. The summed E-state index contributed by atoms with van der Waals surface area (Å²) in [5.41, 5.74) is 8.66. The molecule has 4 heteroatoms. The first-order valence-corrected chi connectivity index (χ1v) is 7.73. The molecule has 0 aliphatic carbocycles. The lowest BCUT2D eigenvalue weighted by Gasteiger charge is -2.29. The third-order valence-electron chi connectivity index (χ3n) is 3.81. The van der Waals surface area contributed by atoms with E-state index in [1.165, 1.54) is 6.07 Å². The number of hydrogen-bond donors (Lipinski definition) is 1. The maximum absolute atomic E-state index is 13.9. The second-order valence-corrected chi connectivity index (χ2v) is 6.16. The van der Waals surface area contributed by atoms with E-state index in [1.807, 2.05) is 56.1 Å². The van der Waals surface area contributed by atoms with Gasteiger partial charge in [-0.3, -0.25) is 0 Å². The van der Waals surface area contributed by atoms with Crippen LogP contribution >= 0.6 is 15.9 Å². The van der Waals surface area contributed by atoms with E-state index in [9.17, 15) is 4.39 Å². The fourth-order valence-electron chi connectivity index (χ4n) is 2.32. The molecular formula is C17H20BrFN2. The van der Waals surface area contributed by atoms with E-state index in [-0.39, 0.29) is 17.9 Å². The summed E-state index contributed by atoms with van der Waals surface area (Å²) < 4.78 is 14.9. The lowest BCUT2D eigenvalue weighted by atomic mass is 10.0. The fourth-order valence-corrected chi connectivity index (χ4v) is 3.00. The molecule has 0 heterocycles. The largest absolute Gasteiger partial charge is 0.367 e. The minimum atomic E-state index is -0.180. The van der Waals surface area contributed by atoms with E-state index in [0.717, 1.165) is 15.7 Å². The molecule has 0 aliphatic rings. The Morgan fingerprint density at radius 2 is 1.81 bits per heavy atom. The van der Waals surface area contributed by atoms with Gasteiger partial charge in [0.2, 0.25) is 0 Å². The summed E-state index contributed by atoms with van der Waals surface area (Å²) in [5.74, 6) is -0.180. The van der Waals surface area contributed by atoms with Crippen molar-refractivity contribution in [2.45, 2.75) is 25.9 Å². The van der Waals surface area contributed by atoms with Crippen LogP contribution in [0.5, 0.6) is 0 Å². The van der Waals surface area contributed by atoms with Crippen molar-refractivity contribution in [3.8, 4) is 0 Å². The Balaban J connectivity index is 2.32. The molecule has 0 fully saturated rings. The van der Waals surface area contributed by atoms with E-state index in [2.05, 4.69) is 15.9 Å². The maximum atomic E-state index is 13.9. The summed E-state index contributed by atoms with van der Waals surface area (Å²) >= 11 is 3.58. The number of nitrogens with two attached hydrogens (primary N) is 1. The van der Waals surface area contributed by atoms with Crippen LogP contribution < -0.4 is 10.6 Å². The first-order chi connectivity index (χ1) is 9.91. The van der Waals surface area contributed by atoms with Gasteiger partial charge in [-0.2, -0.15) is 0 Å². The van der Waals surface area contributed by atoms with Gasteiger partial charge in [-0.25, -0.2) is 4.39 Å². The summed E-state index contributed by atoms with van der Waals surface area (Å²) in [5, 5.41) is 0. The molecule has 2 N–H and O–H groups in total. The Labute approximate surface area is 133 Å². The van der Waals surface area contributed by atoms with Crippen LogP contribution in [0.1, 0.15) is 37.1 Å². The molecular weight excluding hydrogens is 331 g/mol. The summed E-state index contributed by atoms with van der Waals surface area (Å²) in [6.45, 7) is 3.94. The molecule has 21 heavy (non-hydrogen) atoms. The highest BCUT2D eigenvalue weighted by Crippen LogP contribution is 2.33. The minimum absolute atomic E-state index is 0.00959. The van der Waals surface area contributed by atoms with Gasteiger partial charge in [-0.15, -0.1) is 0 Å². The predicted octanol–water partition coefficient (Wildman–Crippen LogP) is 4.81. The topological polar surface area (TPSA) is 29.3 Å². The van der Waals surface area contributed by atoms with E-state index in [1.54, 1.807) is 6.07 Å². The Bertz CT molecular complexity index is 628. The molecule has 2 aromatic carbocycles. The second kappa shape index (κ2) is 6.58. The van der Waals surface area contributed by atoms with E-state index >= 15 is 0 Å². The SMILES string of the molecule is CC(N)c1ccc(N(C)C(C)c2ccccc2F)c(Br)c1. The van der Waals surface area contributed by atoms with Gasteiger partial charge in [-0.05, 0) is 53.5 Å². The summed E-state index contributed by atoms with van der Waals surface area (Å²) in [6, 6.07) is 12.8. The molecule has 2 rings (SSSR count). The van der Waals surface area contributed by atoms with E-state index in [4.69, 9.17) is 5.73 Å². The minimum Gasteiger partial charge on any atom is -0.367 e. The van der Waals surface area contributed by atoms with E-state index < -0.39 is 0 Å². The van der Waals surface area contributed by atoms with Crippen LogP contribution in [0, 0.1) is 5.82 Å². The van der Waals surface area contributed by atoms with Gasteiger partial charge in [0.05, 0.1) is 11.7 Å². The van der Waals surface area contributed by atoms with Crippen LogP contribution in [0.15, 0.2) is 46.9 Å². The molecule has 0 aromatic heterocycles. The van der Waals surface area contributed by atoms with Gasteiger partial charge in [0.25, 0.3) is 0 Å². The third kappa shape index (κ3) is 3.44. The zero-order valence-corrected chi connectivity index (χ0v) is 14.1. The highest BCUT2D eigenvalue weighted by atomic mass is 79.9. The first-order valence-electron chi connectivity index (χ1n) is 6.94. The fraction of sp³-hybridized carbons (Fsp3) is 0.294. The third-order valence-corrected chi connectivity index (χ3v) is 4.45. The summed E-state index contributed by atoms with van der Waals surface area (Å²) in [4.78, 5) is 2.05. The molecule has 0 aliphatic heterocycles. The van der Waals surface area contributed by atoms with Crippen LogP contribution in [-0.2, 0) is 0 Å². The number of nitrogens with zero attached hydrogens (tertiary/aromatic N) is 1. The Morgan fingerprint density at radius 3 is 2.38 bits per heavy atom. The van der Waals surface area contributed by atoms with Gasteiger partial charge in [0.1, 0.15) is 5.82 Å². The number of halogens is 2. The number of anilines is 1. The molecule has 2 atom stereocenters. The van der Waals surface area contributed by atoms with Crippen molar-refractivity contribution in [1.82, 2.24) is 0 Å². The quantitative estimate of drug-likeness (QED) is 0.857. The molecule has 0 bridgehead atoms. The summed E-state index contributed by atoms with van der Waals surface area (Å²) in [6.07, 6.45) is 0. The molecule has 0 saturated carbocycles. The van der Waals surface area contributed by atoms with Crippen molar-refractivity contribution in [3.05, 3.63) is 63.9 Å². The average Bonchev–Trinajstić information content (AvgIpc) is 2.46. The number of rotatable bonds is 4. The molecule has 112 valence electrons. The lowest BCUT2D eigenvalue weighted by molar-refractivity contribution is 0.585. The first kappa shape index (κ1) is 16.0. The van der Waals surface area contributed by atoms with Gasteiger partial charge < -0.3 is 10.6 Å². The lowest BCUT2D eigenvalue weighted by Crippen LogP contribution is -2.23. The van der Waals surface area contributed by atoms with Crippen LogP contribution in [0.4, 0.5) is 10.1 Å². The van der Waals surface area contributed by atoms with Gasteiger partial charge in [-0.1, -0.05) is 24.3 Å². The highest BCUT2D eigenvalue weighted by molar-refractivity contribution is 9.10. The van der Waals surface area contributed by atoms with Gasteiger partial charge >= 0.3 is 0 Å². The Hall–Kier alpha value is -1.39. The van der Waals surface area contributed by atoms with Crippen molar-refractivity contribution < 1.29 is 4.39 Å². The van der Waals surface area contributed by atoms with Crippen LogP contribution in [0.2, 0.25) is 0 Å². The average molecular weight is 351 g/mol. The van der Waals surface area contributed by atoms with Crippen molar-refractivity contribution in [2.24, 2.45) is 5.73 Å². The van der Waals surface area contributed by atoms with Crippen molar-refractivity contribution >= 4 is 21.6 Å². The van der Waals surface area contributed by atoms with Crippen molar-refractivity contribution in [3.63, 3.8) is 0 Å². The molecule has 2 aromatic rings. The zero-order valence-electron chi connectivity index (χ0n) is 12.5. The molecule has 2 unspecified atom stereocenters. The van der Waals surface area contributed by atoms with Gasteiger partial charge in [0, 0.05) is 23.1 Å². The number of hydrogen-bond acceptors (Lipinski definition) is 2. The predicted molar refractivity (Wildman–Crippen MR) is 90.0 cm³/mol. The Kier molecular flexibility index (Phi) is 5.01. The molecule has 0 spiro atoms. The molecule has 0 radical (unpaired) electrons. The highest BCUT2D eigenvalue weighted by Gasteiger charge is 2.18. The molecule has 0 saturated heterocycles. The monoisotopic (exact) mass is 350 g/mol. The second-order valence-electron chi connectivity index (χ2n) is 5.31. The number of benzene rings is 2. The smallest absolute Gasteiger partial charge is 0.128 e. The van der Waals surface area contributed by atoms with Crippen LogP contribution in [0.25, 0.3) is 0 Å². The normalized spacial score (nSPS) is 13.8. The molecule has 0 amide bonds. The summed E-state index contributed by atoms with van der Waals surface area (Å²) in [7, 11) is 1.96.